The van der Waals surface area contributed by atoms with Gasteiger partial charge in [-0.05, 0) is 0 Å². The van der Waals surface area contributed by atoms with Gasteiger partial charge in [0.1, 0.15) is 12.7 Å². The highest BCUT2D eigenvalue weighted by molar-refractivity contribution is 5.69. The molecular weight excluding hydrogens is 324 g/mol. The van der Waals surface area contributed by atoms with E-state index in [1.807, 2.05) is 0 Å². The molecular formula is C15H20O9. The van der Waals surface area contributed by atoms with Gasteiger partial charge in [-0.1, -0.05) is 0 Å². The van der Waals surface area contributed by atoms with E-state index >= 15 is 0 Å². The fraction of sp³-hybridized carbons (Fsp3) is 0.733. The second-order valence-corrected chi connectivity index (χ2v) is 5.75. The normalized spacial score (nSPS) is 33.7. The van der Waals surface area contributed by atoms with Gasteiger partial charge in [0.05, 0.1) is 12.0 Å². The van der Waals surface area contributed by atoms with Crippen molar-refractivity contribution in [3.63, 3.8) is 0 Å². The summed E-state index contributed by atoms with van der Waals surface area (Å²) in [6.07, 6.45) is -3.83. The molecule has 2 fully saturated rings. The first kappa shape index (κ1) is 18.2. The van der Waals surface area contributed by atoms with Gasteiger partial charge in [-0.15, -0.1) is 0 Å². The maximum atomic E-state index is 11.5. The lowest BCUT2D eigenvalue weighted by atomic mass is 9.82. The standard InChI is InChI=1S/C15H20O9/c1-6(16)20-5-10-11(21-7(2)17)13(22-8(3)18)15(23-9(4)19)14-12(10)24-14/h10-15H,5H2,1-4H3/t10-,11-,12-,13+,14-,15-/m1/s1. The van der Waals surface area contributed by atoms with Crippen LogP contribution in [0, 0.1) is 5.92 Å². The Hall–Kier alpha value is -2.16. The van der Waals surface area contributed by atoms with Crippen molar-refractivity contribution in [3.05, 3.63) is 0 Å². The number of rotatable bonds is 5. The van der Waals surface area contributed by atoms with E-state index in [0.717, 1.165) is 0 Å². The van der Waals surface area contributed by atoms with Crippen molar-refractivity contribution in [3.8, 4) is 0 Å². The van der Waals surface area contributed by atoms with Crippen molar-refractivity contribution in [1.82, 2.24) is 0 Å². The zero-order valence-electron chi connectivity index (χ0n) is 13.8. The molecule has 0 amide bonds. The highest BCUT2D eigenvalue weighted by atomic mass is 16.7. The largest absolute Gasteiger partial charge is 0.465 e. The second-order valence-electron chi connectivity index (χ2n) is 5.75. The van der Waals surface area contributed by atoms with E-state index in [1.165, 1.54) is 27.7 Å². The maximum absolute atomic E-state index is 11.5. The molecule has 0 N–H and O–H groups in total. The first-order valence-electron chi connectivity index (χ1n) is 7.51. The maximum Gasteiger partial charge on any atom is 0.303 e. The van der Waals surface area contributed by atoms with Crippen molar-refractivity contribution in [2.45, 2.75) is 58.2 Å². The van der Waals surface area contributed by atoms with Crippen molar-refractivity contribution >= 4 is 23.9 Å². The lowest BCUT2D eigenvalue weighted by Gasteiger charge is -2.38. The first-order valence-corrected chi connectivity index (χ1v) is 7.51. The van der Waals surface area contributed by atoms with Crippen LogP contribution in [0.25, 0.3) is 0 Å². The Labute approximate surface area is 138 Å². The molecule has 1 heterocycles. The molecule has 0 radical (unpaired) electrons. The topological polar surface area (TPSA) is 118 Å². The smallest absolute Gasteiger partial charge is 0.303 e. The Morgan fingerprint density at radius 1 is 0.708 bits per heavy atom. The van der Waals surface area contributed by atoms with Gasteiger partial charge < -0.3 is 23.7 Å². The molecule has 0 aromatic rings. The summed E-state index contributed by atoms with van der Waals surface area (Å²) in [7, 11) is 0. The monoisotopic (exact) mass is 344 g/mol. The van der Waals surface area contributed by atoms with Crippen LogP contribution in [0.1, 0.15) is 27.7 Å². The minimum Gasteiger partial charge on any atom is -0.465 e. The summed E-state index contributed by atoms with van der Waals surface area (Å²) in [5.74, 6) is -2.84. The molecule has 1 saturated heterocycles. The summed E-state index contributed by atoms with van der Waals surface area (Å²) >= 11 is 0. The Kier molecular flexibility index (Phi) is 5.43. The molecule has 1 aliphatic heterocycles. The Balaban J connectivity index is 2.27. The molecule has 1 aliphatic carbocycles. The first-order chi connectivity index (χ1) is 11.2. The number of fused-ring (bicyclic) bond motifs is 1. The molecule has 9 heteroatoms. The molecule has 0 aromatic heterocycles. The van der Waals surface area contributed by atoms with E-state index in [4.69, 9.17) is 23.7 Å². The number of epoxide rings is 1. The fourth-order valence-corrected chi connectivity index (χ4v) is 2.95. The number of hydrogen-bond donors (Lipinski definition) is 0. The number of carbonyl (C=O) groups is 4. The molecule has 0 unspecified atom stereocenters. The van der Waals surface area contributed by atoms with Crippen LogP contribution in [-0.4, -0.2) is 61.0 Å². The number of esters is 4. The van der Waals surface area contributed by atoms with Crippen LogP contribution in [0.5, 0.6) is 0 Å². The third kappa shape index (κ3) is 4.22. The second kappa shape index (κ2) is 7.16. The van der Waals surface area contributed by atoms with Crippen LogP contribution in [0.4, 0.5) is 0 Å². The van der Waals surface area contributed by atoms with Crippen molar-refractivity contribution in [1.29, 1.82) is 0 Å². The van der Waals surface area contributed by atoms with E-state index in [1.54, 1.807) is 0 Å². The number of hydrogen-bond acceptors (Lipinski definition) is 9. The van der Waals surface area contributed by atoms with Crippen molar-refractivity contribution in [2.24, 2.45) is 5.92 Å². The zero-order chi connectivity index (χ0) is 18.0. The highest BCUT2D eigenvalue weighted by Crippen LogP contribution is 2.45. The van der Waals surface area contributed by atoms with E-state index in [0.29, 0.717) is 0 Å². The van der Waals surface area contributed by atoms with Gasteiger partial charge >= 0.3 is 23.9 Å². The molecule has 0 spiro atoms. The third-order valence-corrected chi connectivity index (χ3v) is 3.76. The summed E-state index contributed by atoms with van der Waals surface area (Å²) in [4.78, 5) is 45.3. The van der Waals surface area contributed by atoms with E-state index < -0.39 is 60.3 Å². The van der Waals surface area contributed by atoms with Gasteiger partial charge in [0.15, 0.2) is 18.3 Å². The zero-order valence-corrected chi connectivity index (χ0v) is 13.8. The van der Waals surface area contributed by atoms with Gasteiger partial charge in [0, 0.05) is 27.7 Å². The van der Waals surface area contributed by atoms with Crippen LogP contribution in [0.15, 0.2) is 0 Å². The third-order valence-electron chi connectivity index (χ3n) is 3.76. The molecule has 0 bridgehead atoms. The van der Waals surface area contributed by atoms with E-state index in [9.17, 15) is 19.2 Å². The minimum atomic E-state index is -1.04. The van der Waals surface area contributed by atoms with Crippen LogP contribution in [0.3, 0.4) is 0 Å². The summed E-state index contributed by atoms with van der Waals surface area (Å²) < 4.78 is 26.2. The van der Waals surface area contributed by atoms with Gasteiger partial charge in [0.2, 0.25) is 0 Å². The van der Waals surface area contributed by atoms with Crippen LogP contribution < -0.4 is 0 Å². The molecule has 134 valence electrons. The predicted octanol–water partition coefficient (Wildman–Crippen LogP) is -0.258. The average molecular weight is 344 g/mol. The Morgan fingerprint density at radius 2 is 1.21 bits per heavy atom. The van der Waals surface area contributed by atoms with E-state index in [2.05, 4.69) is 0 Å². The van der Waals surface area contributed by atoms with Gasteiger partial charge in [-0.25, -0.2) is 0 Å². The van der Waals surface area contributed by atoms with Gasteiger partial charge in [-0.2, -0.15) is 0 Å². The van der Waals surface area contributed by atoms with Crippen LogP contribution >= 0.6 is 0 Å². The molecule has 9 nitrogen and oxygen atoms in total. The molecule has 1 saturated carbocycles. The van der Waals surface area contributed by atoms with Crippen molar-refractivity contribution < 1.29 is 42.9 Å². The lowest BCUT2D eigenvalue weighted by Crippen LogP contribution is -2.57. The molecule has 6 atom stereocenters. The van der Waals surface area contributed by atoms with Gasteiger partial charge in [0.25, 0.3) is 0 Å². The summed E-state index contributed by atoms with van der Waals surface area (Å²) in [6.45, 7) is 4.79. The molecule has 24 heavy (non-hydrogen) atoms. The number of ether oxygens (including phenoxy) is 5. The highest BCUT2D eigenvalue weighted by Gasteiger charge is 2.65. The predicted molar refractivity (Wildman–Crippen MR) is 75.4 cm³/mol. The van der Waals surface area contributed by atoms with Crippen LogP contribution in [0.2, 0.25) is 0 Å². The molecule has 2 aliphatic rings. The molecule has 2 rings (SSSR count). The Morgan fingerprint density at radius 3 is 1.71 bits per heavy atom. The van der Waals surface area contributed by atoms with Gasteiger partial charge in [-0.3, -0.25) is 19.2 Å². The fourth-order valence-electron chi connectivity index (χ4n) is 2.95. The van der Waals surface area contributed by atoms with E-state index in [-0.39, 0.29) is 6.61 Å². The summed E-state index contributed by atoms with van der Waals surface area (Å²) in [5.41, 5.74) is 0. The summed E-state index contributed by atoms with van der Waals surface area (Å²) in [5, 5.41) is 0. The SMILES string of the molecule is CC(=O)OC[C@@H]1[C@@H](OC(C)=O)[C@H](OC(C)=O)[C@@H](OC(C)=O)[C@@H]2O[C@H]12. The van der Waals surface area contributed by atoms with Crippen molar-refractivity contribution in [2.75, 3.05) is 6.61 Å². The average Bonchev–Trinajstić information content (AvgIpc) is 3.20. The number of carbonyl (C=O) groups excluding carboxylic acids is 4. The summed E-state index contributed by atoms with van der Waals surface area (Å²) in [6, 6.07) is 0. The lowest BCUT2D eigenvalue weighted by molar-refractivity contribution is -0.195. The molecule has 0 aromatic carbocycles. The minimum absolute atomic E-state index is 0.0704. The quantitative estimate of drug-likeness (QED) is 0.377. The van der Waals surface area contributed by atoms with Crippen LogP contribution in [-0.2, 0) is 42.9 Å². The Bertz CT molecular complexity index is 543.